The summed E-state index contributed by atoms with van der Waals surface area (Å²) in [5.74, 6) is 0. The zero-order valence-electron chi connectivity index (χ0n) is 14.4. The Kier molecular flexibility index (Phi) is 8.08. The van der Waals surface area contributed by atoms with Gasteiger partial charge in [0.15, 0.2) is 0 Å². The van der Waals surface area contributed by atoms with E-state index in [9.17, 15) is 0 Å². The summed E-state index contributed by atoms with van der Waals surface area (Å²) < 4.78 is 5.29. The van der Waals surface area contributed by atoms with Crippen LogP contribution in [0, 0.1) is 5.41 Å². The molecule has 0 aromatic carbocycles. The molecule has 0 heterocycles. The molecule has 20 heavy (non-hydrogen) atoms. The maximum atomic E-state index is 5.29. The molecular weight excluding hydrogens is 248 g/mol. The topological polar surface area (TPSA) is 24.5 Å². The molecule has 1 N–H and O–H groups in total. The molecule has 0 saturated heterocycles. The lowest BCUT2D eigenvalue weighted by atomic mass is 9.84. The Bertz CT molecular complexity index is 255. The lowest BCUT2D eigenvalue weighted by Gasteiger charge is -2.38. The highest BCUT2D eigenvalue weighted by Crippen LogP contribution is 2.28. The van der Waals surface area contributed by atoms with Crippen molar-refractivity contribution in [3.05, 3.63) is 0 Å². The van der Waals surface area contributed by atoms with E-state index in [1.165, 1.54) is 38.6 Å². The Labute approximate surface area is 126 Å². The third-order valence-corrected chi connectivity index (χ3v) is 4.63. The van der Waals surface area contributed by atoms with Gasteiger partial charge in [0.1, 0.15) is 0 Å². The minimum absolute atomic E-state index is 0.383. The van der Waals surface area contributed by atoms with Gasteiger partial charge < -0.3 is 10.1 Å². The molecule has 0 aliphatic heterocycles. The largest absolute Gasteiger partial charge is 0.383 e. The highest BCUT2D eigenvalue weighted by atomic mass is 16.5. The van der Waals surface area contributed by atoms with E-state index >= 15 is 0 Å². The summed E-state index contributed by atoms with van der Waals surface area (Å²) in [5, 5.41) is 3.74. The first-order valence-electron chi connectivity index (χ1n) is 8.51. The zero-order valence-corrected chi connectivity index (χ0v) is 14.4. The van der Waals surface area contributed by atoms with Crippen LogP contribution in [-0.4, -0.2) is 50.3 Å². The first-order chi connectivity index (χ1) is 9.54. The van der Waals surface area contributed by atoms with Gasteiger partial charge in [-0.25, -0.2) is 0 Å². The molecular formula is C17H36N2O. The first-order valence-corrected chi connectivity index (χ1v) is 8.51. The van der Waals surface area contributed by atoms with Gasteiger partial charge in [-0.1, -0.05) is 27.2 Å². The molecule has 3 heteroatoms. The van der Waals surface area contributed by atoms with E-state index in [0.717, 1.165) is 25.7 Å². The molecule has 1 aliphatic rings. The van der Waals surface area contributed by atoms with Crippen molar-refractivity contribution in [2.75, 3.05) is 33.4 Å². The fourth-order valence-electron chi connectivity index (χ4n) is 2.92. The zero-order chi connectivity index (χ0) is 15.0. The lowest BCUT2D eigenvalue weighted by molar-refractivity contribution is 0.0787. The van der Waals surface area contributed by atoms with Crippen LogP contribution in [0.15, 0.2) is 0 Å². The Morgan fingerprint density at radius 1 is 1.35 bits per heavy atom. The van der Waals surface area contributed by atoms with Crippen molar-refractivity contribution in [2.24, 2.45) is 5.41 Å². The summed E-state index contributed by atoms with van der Waals surface area (Å²) >= 11 is 0. The number of ether oxygens (including phenoxy) is 1. The van der Waals surface area contributed by atoms with Gasteiger partial charge in [-0.2, -0.15) is 0 Å². The summed E-state index contributed by atoms with van der Waals surface area (Å²) in [6.07, 6.45) is 6.53. The van der Waals surface area contributed by atoms with Crippen molar-refractivity contribution >= 4 is 0 Å². The SMILES string of the molecule is CCCC(C)(CNC1CC1)CN(CCOC)C(C)CC. The van der Waals surface area contributed by atoms with Gasteiger partial charge in [-0.15, -0.1) is 0 Å². The molecule has 120 valence electrons. The summed E-state index contributed by atoms with van der Waals surface area (Å²) in [4.78, 5) is 2.62. The average Bonchev–Trinajstić information content (AvgIpc) is 3.25. The predicted octanol–water partition coefficient (Wildman–Crippen LogP) is 3.29. The van der Waals surface area contributed by atoms with Gasteiger partial charge >= 0.3 is 0 Å². The van der Waals surface area contributed by atoms with E-state index in [1.807, 2.05) is 0 Å². The van der Waals surface area contributed by atoms with Crippen molar-refractivity contribution in [3.63, 3.8) is 0 Å². The summed E-state index contributed by atoms with van der Waals surface area (Å²) in [6.45, 7) is 13.6. The van der Waals surface area contributed by atoms with Gasteiger partial charge in [0.2, 0.25) is 0 Å². The van der Waals surface area contributed by atoms with Gasteiger partial charge in [0.25, 0.3) is 0 Å². The van der Waals surface area contributed by atoms with Crippen molar-refractivity contribution in [3.8, 4) is 0 Å². The van der Waals surface area contributed by atoms with Crippen LogP contribution in [-0.2, 0) is 4.74 Å². The van der Waals surface area contributed by atoms with E-state index in [1.54, 1.807) is 7.11 Å². The maximum absolute atomic E-state index is 5.29. The third-order valence-electron chi connectivity index (χ3n) is 4.63. The van der Waals surface area contributed by atoms with E-state index in [4.69, 9.17) is 4.74 Å². The van der Waals surface area contributed by atoms with E-state index in [2.05, 4.69) is 37.9 Å². The van der Waals surface area contributed by atoms with Crippen LogP contribution in [0.25, 0.3) is 0 Å². The highest BCUT2D eigenvalue weighted by molar-refractivity contribution is 4.88. The Morgan fingerprint density at radius 2 is 2.05 bits per heavy atom. The van der Waals surface area contributed by atoms with Gasteiger partial charge in [0, 0.05) is 38.8 Å². The maximum Gasteiger partial charge on any atom is 0.0589 e. The number of rotatable bonds is 12. The second kappa shape index (κ2) is 9.01. The van der Waals surface area contributed by atoms with Crippen molar-refractivity contribution in [2.45, 2.75) is 71.9 Å². The second-order valence-corrected chi connectivity index (χ2v) is 6.94. The fraction of sp³-hybridized carbons (Fsp3) is 1.00. The number of nitrogens with zero attached hydrogens (tertiary/aromatic N) is 1. The molecule has 2 atom stereocenters. The van der Waals surface area contributed by atoms with Crippen LogP contribution in [0.5, 0.6) is 0 Å². The lowest BCUT2D eigenvalue weighted by Crippen LogP contribution is -2.47. The second-order valence-electron chi connectivity index (χ2n) is 6.94. The first kappa shape index (κ1) is 17.9. The van der Waals surface area contributed by atoms with Crippen molar-refractivity contribution in [1.29, 1.82) is 0 Å². The van der Waals surface area contributed by atoms with Crippen LogP contribution in [0.3, 0.4) is 0 Å². The van der Waals surface area contributed by atoms with Crippen LogP contribution >= 0.6 is 0 Å². The summed E-state index contributed by atoms with van der Waals surface area (Å²) in [5.41, 5.74) is 0.383. The molecule has 0 bridgehead atoms. The molecule has 0 radical (unpaired) electrons. The van der Waals surface area contributed by atoms with Crippen LogP contribution in [0.4, 0.5) is 0 Å². The molecule has 1 saturated carbocycles. The Balaban J connectivity index is 2.55. The quantitative estimate of drug-likeness (QED) is 0.595. The van der Waals surface area contributed by atoms with Crippen LogP contribution < -0.4 is 5.32 Å². The molecule has 2 unspecified atom stereocenters. The van der Waals surface area contributed by atoms with E-state index in [0.29, 0.717) is 11.5 Å². The molecule has 1 rings (SSSR count). The standard InChI is InChI=1S/C17H36N2O/c1-6-10-17(4,13-18-16-8-9-16)14-19(11-12-20-5)15(3)7-2/h15-16,18H,6-14H2,1-5H3. The molecule has 1 fully saturated rings. The number of hydrogen-bond acceptors (Lipinski definition) is 3. The highest BCUT2D eigenvalue weighted by Gasteiger charge is 2.30. The van der Waals surface area contributed by atoms with Gasteiger partial charge in [-0.05, 0) is 38.0 Å². The molecule has 0 aromatic heterocycles. The monoisotopic (exact) mass is 284 g/mol. The Morgan fingerprint density at radius 3 is 2.55 bits per heavy atom. The normalized spacial score (nSPS) is 20.1. The van der Waals surface area contributed by atoms with Crippen molar-refractivity contribution < 1.29 is 4.74 Å². The molecule has 0 aromatic rings. The number of hydrogen-bond donors (Lipinski definition) is 1. The van der Waals surface area contributed by atoms with Gasteiger partial charge in [0.05, 0.1) is 6.61 Å². The van der Waals surface area contributed by atoms with Crippen LogP contribution in [0.2, 0.25) is 0 Å². The number of nitrogens with one attached hydrogen (secondary N) is 1. The molecule has 0 spiro atoms. The van der Waals surface area contributed by atoms with Crippen molar-refractivity contribution in [1.82, 2.24) is 10.2 Å². The molecule has 1 aliphatic carbocycles. The third kappa shape index (κ3) is 6.55. The average molecular weight is 284 g/mol. The Hall–Kier alpha value is -0.120. The smallest absolute Gasteiger partial charge is 0.0589 e. The predicted molar refractivity (Wildman–Crippen MR) is 87.2 cm³/mol. The van der Waals surface area contributed by atoms with E-state index in [-0.39, 0.29) is 0 Å². The number of methoxy groups -OCH3 is 1. The minimum atomic E-state index is 0.383. The minimum Gasteiger partial charge on any atom is -0.383 e. The summed E-state index contributed by atoms with van der Waals surface area (Å²) in [7, 11) is 1.80. The van der Waals surface area contributed by atoms with Crippen LogP contribution in [0.1, 0.15) is 59.8 Å². The summed E-state index contributed by atoms with van der Waals surface area (Å²) in [6, 6.07) is 1.45. The molecule has 3 nitrogen and oxygen atoms in total. The molecule has 0 amide bonds. The van der Waals surface area contributed by atoms with Gasteiger partial charge in [-0.3, -0.25) is 4.90 Å². The van der Waals surface area contributed by atoms with E-state index < -0.39 is 0 Å². The fourth-order valence-corrected chi connectivity index (χ4v) is 2.92.